The molecule has 0 bridgehead atoms. The number of thiazole rings is 1. The van der Waals surface area contributed by atoms with Crippen molar-refractivity contribution in [3.8, 4) is 0 Å². The van der Waals surface area contributed by atoms with Gasteiger partial charge in [-0.3, -0.25) is 9.69 Å². The van der Waals surface area contributed by atoms with E-state index in [4.69, 9.17) is 5.11 Å². The van der Waals surface area contributed by atoms with Crippen molar-refractivity contribution in [2.75, 3.05) is 26.2 Å². The third-order valence-electron chi connectivity index (χ3n) is 3.18. The fourth-order valence-electron chi connectivity index (χ4n) is 2.13. The van der Waals surface area contributed by atoms with Crippen LogP contribution in [0, 0.1) is 0 Å². The summed E-state index contributed by atoms with van der Waals surface area (Å²) in [6.07, 6.45) is 0.0324. The predicted molar refractivity (Wildman–Crippen MR) is 75.7 cm³/mol. The molecule has 2 rings (SSSR count). The monoisotopic (exact) mass is 283 g/mol. The number of carboxylic acid groups (broad SMARTS) is 1. The van der Waals surface area contributed by atoms with E-state index in [-0.39, 0.29) is 6.42 Å². The SMILES string of the molecule is CC(C)c1nc(CC(=O)O)c(CN2CCNCC2)s1. The summed E-state index contributed by atoms with van der Waals surface area (Å²) in [5, 5.41) is 13.4. The molecular formula is C13H21N3O2S. The minimum absolute atomic E-state index is 0.0324. The molecule has 0 aliphatic carbocycles. The number of rotatable bonds is 5. The average molecular weight is 283 g/mol. The first-order chi connectivity index (χ1) is 9.06. The van der Waals surface area contributed by atoms with E-state index in [1.54, 1.807) is 11.3 Å². The van der Waals surface area contributed by atoms with Crippen LogP contribution in [0.4, 0.5) is 0 Å². The topological polar surface area (TPSA) is 65.5 Å². The maximum Gasteiger partial charge on any atom is 0.309 e. The van der Waals surface area contributed by atoms with Crippen LogP contribution in [0.25, 0.3) is 0 Å². The van der Waals surface area contributed by atoms with Crippen LogP contribution < -0.4 is 5.32 Å². The van der Waals surface area contributed by atoms with Crippen LogP contribution in [0.2, 0.25) is 0 Å². The van der Waals surface area contributed by atoms with Gasteiger partial charge in [-0.25, -0.2) is 4.98 Å². The van der Waals surface area contributed by atoms with E-state index < -0.39 is 5.97 Å². The predicted octanol–water partition coefficient (Wildman–Crippen LogP) is 1.30. The van der Waals surface area contributed by atoms with Crippen LogP contribution in [0.15, 0.2) is 0 Å². The molecule has 1 aliphatic heterocycles. The van der Waals surface area contributed by atoms with Crippen molar-refractivity contribution in [3.63, 3.8) is 0 Å². The molecule has 0 radical (unpaired) electrons. The van der Waals surface area contributed by atoms with Crippen LogP contribution in [-0.2, 0) is 17.8 Å². The number of piperazine rings is 1. The van der Waals surface area contributed by atoms with E-state index in [1.165, 1.54) is 0 Å². The molecule has 1 aromatic heterocycles. The normalized spacial score (nSPS) is 17.0. The van der Waals surface area contributed by atoms with Gasteiger partial charge in [0.15, 0.2) is 0 Å². The summed E-state index contributed by atoms with van der Waals surface area (Å²) in [6, 6.07) is 0. The average Bonchev–Trinajstić information content (AvgIpc) is 2.73. The zero-order valence-corrected chi connectivity index (χ0v) is 12.3. The first-order valence-electron chi connectivity index (χ1n) is 6.69. The van der Waals surface area contributed by atoms with Gasteiger partial charge in [0, 0.05) is 43.5 Å². The molecule has 1 aliphatic rings. The van der Waals surface area contributed by atoms with Gasteiger partial charge in [0.05, 0.1) is 17.1 Å². The van der Waals surface area contributed by atoms with Crippen molar-refractivity contribution in [2.45, 2.75) is 32.7 Å². The lowest BCUT2D eigenvalue weighted by Gasteiger charge is -2.26. The van der Waals surface area contributed by atoms with Crippen molar-refractivity contribution >= 4 is 17.3 Å². The molecule has 0 amide bonds. The lowest BCUT2D eigenvalue weighted by atomic mass is 10.2. The van der Waals surface area contributed by atoms with Gasteiger partial charge in [-0.2, -0.15) is 0 Å². The summed E-state index contributed by atoms with van der Waals surface area (Å²) >= 11 is 1.67. The number of aliphatic carboxylic acids is 1. The minimum Gasteiger partial charge on any atom is -0.481 e. The highest BCUT2D eigenvalue weighted by Gasteiger charge is 2.19. The molecular weight excluding hydrogens is 262 g/mol. The first-order valence-corrected chi connectivity index (χ1v) is 7.51. The highest BCUT2D eigenvalue weighted by Crippen LogP contribution is 2.26. The summed E-state index contributed by atoms with van der Waals surface area (Å²) in [4.78, 5) is 18.9. The Balaban J connectivity index is 2.13. The van der Waals surface area contributed by atoms with E-state index in [1.807, 2.05) is 0 Å². The Bertz CT molecular complexity index is 439. The Labute approximate surface area is 117 Å². The van der Waals surface area contributed by atoms with Gasteiger partial charge >= 0.3 is 5.97 Å². The maximum absolute atomic E-state index is 10.9. The van der Waals surface area contributed by atoms with E-state index in [2.05, 4.69) is 29.0 Å². The quantitative estimate of drug-likeness (QED) is 0.852. The Morgan fingerprint density at radius 3 is 2.74 bits per heavy atom. The molecule has 0 saturated carbocycles. The molecule has 106 valence electrons. The number of nitrogens with one attached hydrogen (secondary N) is 1. The van der Waals surface area contributed by atoms with Gasteiger partial charge in [-0.1, -0.05) is 13.8 Å². The van der Waals surface area contributed by atoms with Crippen LogP contribution in [0.1, 0.15) is 35.3 Å². The molecule has 2 heterocycles. The Hall–Kier alpha value is -0.980. The molecule has 0 spiro atoms. The van der Waals surface area contributed by atoms with Crippen molar-refractivity contribution in [3.05, 3.63) is 15.6 Å². The molecule has 1 aromatic rings. The summed E-state index contributed by atoms with van der Waals surface area (Å²) in [5.74, 6) is -0.448. The Kier molecular flexibility index (Phi) is 4.90. The maximum atomic E-state index is 10.9. The highest BCUT2D eigenvalue weighted by molar-refractivity contribution is 7.11. The Morgan fingerprint density at radius 2 is 2.16 bits per heavy atom. The van der Waals surface area contributed by atoms with E-state index >= 15 is 0 Å². The van der Waals surface area contributed by atoms with E-state index in [0.717, 1.165) is 48.3 Å². The van der Waals surface area contributed by atoms with Gasteiger partial charge in [0.25, 0.3) is 0 Å². The smallest absolute Gasteiger partial charge is 0.309 e. The van der Waals surface area contributed by atoms with Gasteiger partial charge in [0.1, 0.15) is 0 Å². The molecule has 6 heteroatoms. The number of aromatic nitrogens is 1. The molecule has 0 atom stereocenters. The van der Waals surface area contributed by atoms with Crippen LogP contribution >= 0.6 is 11.3 Å². The van der Waals surface area contributed by atoms with Gasteiger partial charge in [-0.05, 0) is 0 Å². The molecule has 5 nitrogen and oxygen atoms in total. The summed E-state index contributed by atoms with van der Waals surface area (Å²) in [7, 11) is 0. The lowest BCUT2D eigenvalue weighted by Crippen LogP contribution is -2.42. The highest BCUT2D eigenvalue weighted by atomic mass is 32.1. The molecule has 0 aromatic carbocycles. The van der Waals surface area contributed by atoms with E-state index in [0.29, 0.717) is 5.92 Å². The molecule has 2 N–H and O–H groups in total. The third-order valence-corrected chi connectivity index (χ3v) is 4.57. The fourth-order valence-corrected chi connectivity index (χ4v) is 3.25. The van der Waals surface area contributed by atoms with Crippen LogP contribution in [0.3, 0.4) is 0 Å². The second-order valence-electron chi connectivity index (χ2n) is 5.17. The van der Waals surface area contributed by atoms with Crippen molar-refractivity contribution in [1.29, 1.82) is 0 Å². The van der Waals surface area contributed by atoms with Crippen molar-refractivity contribution < 1.29 is 9.90 Å². The van der Waals surface area contributed by atoms with Gasteiger partial charge in [-0.15, -0.1) is 11.3 Å². The molecule has 1 fully saturated rings. The number of hydrogen-bond donors (Lipinski definition) is 2. The number of carbonyl (C=O) groups is 1. The number of hydrogen-bond acceptors (Lipinski definition) is 5. The first kappa shape index (κ1) is 14.4. The van der Waals surface area contributed by atoms with E-state index in [9.17, 15) is 4.79 Å². The van der Waals surface area contributed by atoms with Crippen molar-refractivity contribution in [2.24, 2.45) is 0 Å². The third kappa shape index (κ3) is 3.99. The molecule has 19 heavy (non-hydrogen) atoms. The summed E-state index contributed by atoms with van der Waals surface area (Å²) < 4.78 is 0. The Morgan fingerprint density at radius 1 is 1.47 bits per heavy atom. The second kappa shape index (κ2) is 6.45. The van der Waals surface area contributed by atoms with Gasteiger partial charge in [0.2, 0.25) is 0 Å². The standard InChI is InChI=1S/C13H21N3O2S/c1-9(2)13-15-10(7-12(17)18)11(19-13)8-16-5-3-14-4-6-16/h9,14H,3-8H2,1-2H3,(H,17,18). The molecule has 1 saturated heterocycles. The van der Waals surface area contributed by atoms with Crippen LogP contribution in [0.5, 0.6) is 0 Å². The zero-order valence-electron chi connectivity index (χ0n) is 11.5. The zero-order chi connectivity index (χ0) is 13.8. The number of carboxylic acids is 1. The van der Waals surface area contributed by atoms with Gasteiger partial charge < -0.3 is 10.4 Å². The summed E-state index contributed by atoms with van der Waals surface area (Å²) in [6.45, 7) is 9.06. The lowest BCUT2D eigenvalue weighted by molar-refractivity contribution is -0.136. The fraction of sp³-hybridized carbons (Fsp3) is 0.692. The van der Waals surface area contributed by atoms with Crippen LogP contribution in [-0.4, -0.2) is 47.1 Å². The summed E-state index contributed by atoms with van der Waals surface area (Å²) in [5.41, 5.74) is 0.750. The molecule has 0 unspecified atom stereocenters. The second-order valence-corrected chi connectivity index (χ2v) is 6.29. The minimum atomic E-state index is -0.804. The van der Waals surface area contributed by atoms with Crippen molar-refractivity contribution in [1.82, 2.24) is 15.2 Å². The largest absolute Gasteiger partial charge is 0.481 e. The number of nitrogens with zero attached hydrogens (tertiary/aromatic N) is 2.